The highest BCUT2D eigenvalue weighted by Gasteiger charge is 2.33. The van der Waals surface area contributed by atoms with Gasteiger partial charge in [0.05, 0.1) is 30.9 Å². The number of aryl methyl sites for hydroxylation is 1. The van der Waals surface area contributed by atoms with Gasteiger partial charge in [-0.3, -0.25) is 4.79 Å². The van der Waals surface area contributed by atoms with Crippen molar-refractivity contribution in [3.63, 3.8) is 0 Å². The van der Waals surface area contributed by atoms with Crippen molar-refractivity contribution in [2.45, 2.75) is 51.7 Å². The van der Waals surface area contributed by atoms with Gasteiger partial charge in [-0.25, -0.2) is 14.2 Å². The number of fused-ring (bicyclic) bond motifs is 1. The van der Waals surface area contributed by atoms with Crippen LogP contribution in [0, 0.1) is 12.7 Å². The number of nitrogens with one attached hydrogen (secondary N) is 4. The molecule has 2 amide bonds. The monoisotopic (exact) mass is 471 g/mol. The summed E-state index contributed by atoms with van der Waals surface area (Å²) in [5.74, 6) is -0.666. The number of rotatable bonds is 8. The van der Waals surface area contributed by atoms with Crippen LogP contribution in [-0.4, -0.2) is 48.9 Å². The Morgan fingerprint density at radius 3 is 2.97 bits per heavy atom. The van der Waals surface area contributed by atoms with Gasteiger partial charge < -0.3 is 30.7 Å². The van der Waals surface area contributed by atoms with Crippen molar-refractivity contribution in [2.75, 3.05) is 30.5 Å². The maximum atomic E-state index is 15.4. The molecule has 4 rings (SSSR count). The van der Waals surface area contributed by atoms with Crippen LogP contribution in [0.2, 0.25) is 0 Å². The summed E-state index contributed by atoms with van der Waals surface area (Å²) >= 11 is 0. The van der Waals surface area contributed by atoms with Crippen LogP contribution in [0.5, 0.6) is 0 Å². The second-order valence-corrected chi connectivity index (χ2v) is 8.51. The molecule has 3 heterocycles. The van der Waals surface area contributed by atoms with Crippen molar-refractivity contribution in [3.05, 3.63) is 46.8 Å². The van der Waals surface area contributed by atoms with E-state index >= 15 is 4.39 Å². The summed E-state index contributed by atoms with van der Waals surface area (Å²) in [6.07, 6.45) is 1.71. The molecule has 0 aliphatic carbocycles. The Morgan fingerprint density at radius 2 is 2.18 bits per heavy atom. The van der Waals surface area contributed by atoms with Crippen molar-refractivity contribution in [1.82, 2.24) is 15.6 Å². The van der Waals surface area contributed by atoms with Crippen molar-refractivity contribution < 1.29 is 23.5 Å². The number of ether oxygens (including phenoxy) is 2. The predicted molar refractivity (Wildman–Crippen MR) is 126 cm³/mol. The molecule has 4 N–H and O–H groups in total. The van der Waals surface area contributed by atoms with E-state index < -0.39 is 18.0 Å². The minimum absolute atomic E-state index is 0.0171. The van der Waals surface area contributed by atoms with E-state index in [-0.39, 0.29) is 47.9 Å². The zero-order valence-electron chi connectivity index (χ0n) is 19.4. The van der Waals surface area contributed by atoms with E-state index in [0.717, 1.165) is 24.1 Å². The molecule has 0 radical (unpaired) electrons. The Balaban J connectivity index is 1.57. The summed E-state index contributed by atoms with van der Waals surface area (Å²) in [5.41, 5.74) is 2.24. The summed E-state index contributed by atoms with van der Waals surface area (Å²) < 4.78 is 26.1. The fourth-order valence-electron chi connectivity index (χ4n) is 4.06. The lowest BCUT2D eigenvalue weighted by atomic mass is 10.0. The molecule has 34 heavy (non-hydrogen) atoms. The summed E-state index contributed by atoms with van der Waals surface area (Å²) in [6.45, 7) is 5.12. The van der Waals surface area contributed by atoms with Crippen molar-refractivity contribution in [3.8, 4) is 0 Å². The first-order valence-electron chi connectivity index (χ1n) is 11.6. The normalized spacial score (nSPS) is 19.2. The summed E-state index contributed by atoms with van der Waals surface area (Å²) in [5, 5.41) is 11.8. The number of benzene rings is 1. The SMILES string of the molecule is CCCCOC(=O)N[C@H]1COCC[C@H]1Nc1nc(Nc2cccc(C)c2)c2c(c1F)CNC2=O. The van der Waals surface area contributed by atoms with E-state index in [1.807, 2.05) is 38.1 Å². The number of carbonyl (C=O) groups is 2. The van der Waals surface area contributed by atoms with Gasteiger partial charge in [0.25, 0.3) is 5.91 Å². The number of hydrogen-bond acceptors (Lipinski definition) is 7. The number of unbranched alkanes of at least 4 members (excludes halogenated alkanes) is 1. The molecule has 2 aliphatic rings. The maximum absolute atomic E-state index is 15.4. The highest BCUT2D eigenvalue weighted by molar-refractivity contribution is 6.03. The lowest BCUT2D eigenvalue weighted by Crippen LogP contribution is -2.53. The minimum atomic E-state index is -0.584. The van der Waals surface area contributed by atoms with Crippen LogP contribution in [0.15, 0.2) is 24.3 Å². The molecule has 0 saturated carbocycles. The number of pyridine rings is 1. The number of halogens is 1. The molecule has 1 aromatic heterocycles. The molecular weight excluding hydrogens is 441 g/mol. The topological polar surface area (TPSA) is 114 Å². The first-order valence-corrected chi connectivity index (χ1v) is 11.6. The Labute approximate surface area is 197 Å². The molecular formula is C24H30FN5O4. The fraction of sp³-hybridized carbons (Fsp3) is 0.458. The third-order valence-corrected chi connectivity index (χ3v) is 5.88. The maximum Gasteiger partial charge on any atom is 0.407 e. The zero-order chi connectivity index (χ0) is 24.1. The number of anilines is 3. The van der Waals surface area contributed by atoms with E-state index in [1.165, 1.54) is 0 Å². The molecule has 9 nitrogen and oxygen atoms in total. The van der Waals surface area contributed by atoms with Gasteiger partial charge in [-0.05, 0) is 37.5 Å². The first-order chi connectivity index (χ1) is 16.5. The Bertz CT molecular complexity index is 1060. The highest BCUT2D eigenvalue weighted by atomic mass is 19.1. The molecule has 1 aromatic carbocycles. The van der Waals surface area contributed by atoms with Crippen LogP contribution in [0.3, 0.4) is 0 Å². The molecule has 0 spiro atoms. The van der Waals surface area contributed by atoms with Crippen LogP contribution in [0.25, 0.3) is 0 Å². The summed E-state index contributed by atoms with van der Waals surface area (Å²) in [6, 6.07) is 6.86. The van der Waals surface area contributed by atoms with Gasteiger partial charge >= 0.3 is 6.09 Å². The third-order valence-electron chi connectivity index (χ3n) is 5.88. The molecule has 182 valence electrons. The summed E-state index contributed by atoms with van der Waals surface area (Å²) in [4.78, 5) is 29.0. The number of alkyl carbamates (subject to hydrolysis) is 1. The zero-order valence-corrected chi connectivity index (χ0v) is 19.4. The van der Waals surface area contributed by atoms with Crippen LogP contribution in [0.1, 0.15) is 47.7 Å². The lowest BCUT2D eigenvalue weighted by molar-refractivity contribution is 0.0583. The molecule has 1 saturated heterocycles. The Kier molecular flexibility index (Phi) is 7.46. The standard InChI is InChI=1S/C24H30FN5O4/c1-3-4-9-34-24(32)29-18-13-33-10-8-17(18)28-22-20(25)16-12-26-23(31)19(16)21(30-22)27-15-7-5-6-14(2)11-15/h5-7,11,17-18H,3-4,8-10,12-13H2,1-2H3,(H,26,31)(H,29,32)(H2,27,28,30)/t17-,18+/m1/s1. The molecule has 1 fully saturated rings. The van der Waals surface area contributed by atoms with E-state index in [2.05, 4.69) is 26.3 Å². The molecule has 2 aliphatic heterocycles. The van der Waals surface area contributed by atoms with Crippen molar-refractivity contribution >= 4 is 29.3 Å². The molecule has 0 unspecified atom stereocenters. The van der Waals surface area contributed by atoms with Crippen LogP contribution in [0.4, 0.5) is 26.5 Å². The van der Waals surface area contributed by atoms with Crippen LogP contribution >= 0.6 is 0 Å². The van der Waals surface area contributed by atoms with E-state index in [0.29, 0.717) is 19.6 Å². The quantitative estimate of drug-likeness (QED) is 0.435. The van der Waals surface area contributed by atoms with Gasteiger partial charge in [0, 0.05) is 24.4 Å². The Hall–Kier alpha value is -3.40. The molecule has 10 heteroatoms. The minimum Gasteiger partial charge on any atom is -0.450 e. The number of nitrogens with zero attached hydrogens (tertiary/aromatic N) is 1. The second kappa shape index (κ2) is 10.7. The van der Waals surface area contributed by atoms with Gasteiger partial charge in [-0.1, -0.05) is 25.5 Å². The van der Waals surface area contributed by atoms with E-state index in [1.54, 1.807) is 0 Å². The van der Waals surface area contributed by atoms with Gasteiger partial charge in [-0.2, -0.15) is 0 Å². The van der Waals surface area contributed by atoms with Gasteiger partial charge in [0.15, 0.2) is 11.6 Å². The van der Waals surface area contributed by atoms with E-state index in [9.17, 15) is 9.59 Å². The largest absolute Gasteiger partial charge is 0.450 e. The molecule has 2 atom stereocenters. The predicted octanol–water partition coefficient (Wildman–Crippen LogP) is 3.61. The highest BCUT2D eigenvalue weighted by Crippen LogP contribution is 2.32. The number of carbonyl (C=O) groups excluding carboxylic acids is 2. The van der Waals surface area contributed by atoms with Crippen molar-refractivity contribution in [1.29, 1.82) is 0 Å². The Morgan fingerprint density at radius 1 is 1.32 bits per heavy atom. The fourth-order valence-corrected chi connectivity index (χ4v) is 4.06. The third kappa shape index (κ3) is 5.39. The molecule has 2 aromatic rings. The van der Waals surface area contributed by atoms with Gasteiger partial charge in [0.2, 0.25) is 0 Å². The molecule has 0 bridgehead atoms. The first kappa shape index (κ1) is 23.7. The van der Waals surface area contributed by atoms with E-state index in [4.69, 9.17) is 9.47 Å². The van der Waals surface area contributed by atoms with Crippen LogP contribution in [-0.2, 0) is 16.0 Å². The van der Waals surface area contributed by atoms with Crippen LogP contribution < -0.4 is 21.3 Å². The average Bonchev–Trinajstić information content (AvgIpc) is 3.20. The number of amides is 2. The van der Waals surface area contributed by atoms with Crippen molar-refractivity contribution in [2.24, 2.45) is 0 Å². The average molecular weight is 472 g/mol. The number of aromatic nitrogens is 1. The second-order valence-electron chi connectivity index (χ2n) is 8.51. The van der Waals surface area contributed by atoms with Gasteiger partial charge in [-0.15, -0.1) is 0 Å². The van der Waals surface area contributed by atoms with Gasteiger partial charge in [0.1, 0.15) is 5.82 Å². The number of hydrogen-bond donors (Lipinski definition) is 4. The lowest BCUT2D eigenvalue weighted by Gasteiger charge is -2.33. The smallest absolute Gasteiger partial charge is 0.407 e. The summed E-state index contributed by atoms with van der Waals surface area (Å²) in [7, 11) is 0.